The van der Waals surface area contributed by atoms with Crippen molar-refractivity contribution in [3.05, 3.63) is 59.9 Å². The normalized spacial score (nSPS) is 10.1. The van der Waals surface area contributed by atoms with Crippen molar-refractivity contribution >= 4 is 11.6 Å². The van der Waals surface area contributed by atoms with Crippen LogP contribution in [0.4, 0.5) is 14.5 Å². The summed E-state index contributed by atoms with van der Waals surface area (Å²) in [6, 6.07) is 6.70. The van der Waals surface area contributed by atoms with Gasteiger partial charge in [0.2, 0.25) is 5.91 Å². The molecule has 92 valence electrons. The maximum atomic E-state index is 12.9. The molecule has 1 aromatic carbocycles. The molecule has 0 fully saturated rings. The molecule has 2 rings (SSSR count). The molecule has 0 saturated carbocycles. The molecule has 0 radical (unpaired) electrons. The predicted octanol–water partition coefficient (Wildman–Crippen LogP) is 2.54. The van der Waals surface area contributed by atoms with E-state index in [1.54, 1.807) is 24.5 Å². The number of rotatable bonds is 3. The van der Waals surface area contributed by atoms with Crippen molar-refractivity contribution in [3.63, 3.8) is 0 Å². The first kappa shape index (κ1) is 12.2. The topological polar surface area (TPSA) is 42.0 Å². The van der Waals surface area contributed by atoms with Crippen LogP contribution in [0.2, 0.25) is 0 Å². The van der Waals surface area contributed by atoms with Gasteiger partial charge in [0, 0.05) is 24.1 Å². The molecule has 0 aliphatic carbocycles. The van der Waals surface area contributed by atoms with Gasteiger partial charge in [-0.1, -0.05) is 6.07 Å². The molecule has 0 atom stereocenters. The molecular weight excluding hydrogens is 238 g/mol. The van der Waals surface area contributed by atoms with Crippen LogP contribution in [-0.4, -0.2) is 10.9 Å². The van der Waals surface area contributed by atoms with Crippen molar-refractivity contribution in [2.75, 3.05) is 5.32 Å². The Morgan fingerprint density at radius 2 is 2.06 bits per heavy atom. The van der Waals surface area contributed by atoms with E-state index in [-0.39, 0.29) is 18.0 Å². The number of benzene rings is 1. The molecule has 0 aliphatic heterocycles. The Labute approximate surface area is 102 Å². The molecular formula is C13H10F2N2O. The van der Waals surface area contributed by atoms with Gasteiger partial charge in [-0.3, -0.25) is 9.78 Å². The van der Waals surface area contributed by atoms with Crippen LogP contribution in [-0.2, 0) is 11.2 Å². The van der Waals surface area contributed by atoms with E-state index in [1.807, 2.05) is 0 Å². The summed E-state index contributed by atoms with van der Waals surface area (Å²) in [7, 11) is 0. The van der Waals surface area contributed by atoms with E-state index in [0.717, 1.165) is 17.7 Å². The van der Waals surface area contributed by atoms with Gasteiger partial charge in [-0.25, -0.2) is 8.78 Å². The first-order chi connectivity index (χ1) is 8.65. The number of carbonyl (C=O) groups is 1. The third kappa shape index (κ3) is 3.10. The molecule has 0 spiro atoms. The number of halogens is 2. The Bertz CT molecular complexity index is 558. The fourth-order valence-corrected chi connectivity index (χ4v) is 1.47. The number of hydrogen-bond acceptors (Lipinski definition) is 2. The van der Waals surface area contributed by atoms with Gasteiger partial charge in [0.05, 0.1) is 6.42 Å². The van der Waals surface area contributed by atoms with E-state index >= 15 is 0 Å². The lowest BCUT2D eigenvalue weighted by molar-refractivity contribution is -0.115. The zero-order valence-electron chi connectivity index (χ0n) is 9.36. The lowest BCUT2D eigenvalue weighted by Crippen LogP contribution is -2.14. The number of anilines is 1. The van der Waals surface area contributed by atoms with E-state index in [2.05, 4.69) is 10.3 Å². The highest BCUT2D eigenvalue weighted by Gasteiger charge is 2.07. The Morgan fingerprint density at radius 3 is 2.72 bits per heavy atom. The van der Waals surface area contributed by atoms with E-state index in [0.29, 0.717) is 0 Å². The van der Waals surface area contributed by atoms with Crippen molar-refractivity contribution in [2.24, 2.45) is 0 Å². The highest BCUT2D eigenvalue weighted by molar-refractivity contribution is 5.92. The Kier molecular flexibility index (Phi) is 3.62. The summed E-state index contributed by atoms with van der Waals surface area (Å²) < 4.78 is 25.6. The van der Waals surface area contributed by atoms with E-state index in [4.69, 9.17) is 0 Å². The van der Waals surface area contributed by atoms with Gasteiger partial charge in [-0.05, 0) is 23.8 Å². The van der Waals surface area contributed by atoms with Crippen molar-refractivity contribution < 1.29 is 13.6 Å². The Hall–Kier alpha value is -2.30. The quantitative estimate of drug-likeness (QED) is 0.906. The van der Waals surface area contributed by atoms with Crippen molar-refractivity contribution in [1.29, 1.82) is 0 Å². The molecule has 2 aromatic rings. The Balaban J connectivity index is 2.01. The zero-order valence-corrected chi connectivity index (χ0v) is 9.36. The molecule has 1 N–H and O–H groups in total. The molecule has 0 saturated heterocycles. The van der Waals surface area contributed by atoms with Gasteiger partial charge in [0.1, 0.15) is 0 Å². The average Bonchev–Trinajstić information content (AvgIpc) is 2.35. The lowest BCUT2D eigenvalue weighted by atomic mass is 10.2. The number of hydrogen-bond donors (Lipinski definition) is 1. The summed E-state index contributed by atoms with van der Waals surface area (Å²) in [5.74, 6) is -2.25. The summed E-state index contributed by atoms with van der Waals surface area (Å²) in [5.41, 5.74) is 0.973. The van der Waals surface area contributed by atoms with Crippen molar-refractivity contribution in [3.8, 4) is 0 Å². The van der Waals surface area contributed by atoms with Gasteiger partial charge >= 0.3 is 0 Å². The molecule has 1 heterocycles. The maximum absolute atomic E-state index is 12.9. The molecule has 0 unspecified atom stereocenters. The van der Waals surface area contributed by atoms with Crippen LogP contribution < -0.4 is 5.32 Å². The third-order valence-electron chi connectivity index (χ3n) is 2.29. The fourth-order valence-electron chi connectivity index (χ4n) is 1.47. The predicted molar refractivity (Wildman–Crippen MR) is 62.9 cm³/mol. The second-order valence-corrected chi connectivity index (χ2v) is 3.72. The second-order valence-electron chi connectivity index (χ2n) is 3.72. The molecule has 5 heteroatoms. The number of aromatic nitrogens is 1. The van der Waals surface area contributed by atoms with Crippen LogP contribution in [0.5, 0.6) is 0 Å². The number of pyridine rings is 1. The molecule has 3 nitrogen and oxygen atoms in total. The van der Waals surface area contributed by atoms with Crippen LogP contribution in [0.1, 0.15) is 5.56 Å². The van der Waals surface area contributed by atoms with Gasteiger partial charge in [0.25, 0.3) is 0 Å². The third-order valence-corrected chi connectivity index (χ3v) is 2.29. The van der Waals surface area contributed by atoms with Gasteiger partial charge in [-0.2, -0.15) is 0 Å². The first-order valence-electron chi connectivity index (χ1n) is 5.29. The number of nitrogens with zero attached hydrogens (tertiary/aromatic N) is 1. The summed E-state index contributed by atoms with van der Waals surface area (Å²) in [4.78, 5) is 15.5. The van der Waals surface area contributed by atoms with Gasteiger partial charge in [-0.15, -0.1) is 0 Å². The van der Waals surface area contributed by atoms with Gasteiger partial charge < -0.3 is 5.32 Å². The van der Waals surface area contributed by atoms with Crippen LogP contribution in [0.3, 0.4) is 0 Å². The van der Waals surface area contributed by atoms with Crippen LogP contribution in [0.15, 0.2) is 42.7 Å². The van der Waals surface area contributed by atoms with Crippen LogP contribution in [0.25, 0.3) is 0 Å². The Morgan fingerprint density at radius 1 is 1.22 bits per heavy atom. The second kappa shape index (κ2) is 5.35. The lowest BCUT2D eigenvalue weighted by Gasteiger charge is -2.05. The first-order valence-corrected chi connectivity index (χ1v) is 5.29. The SMILES string of the molecule is O=C(Cc1cccnc1)Nc1ccc(F)c(F)c1. The molecule has 0 bridgehead atoms. The highest BCUT2D eigenvalue weighted by Crippen LogP contribution is 2.13. The minimum Gasteiger partial charge on any atom is -0.326 e. The minimum absolute atomic E-state index is 0.132. The fraction of sp³-hybridized carbons (Fsp3) is 0.0769. The van der Waals surface area contributed by atoms with Gasteiger partial charge in [0.15, 0.2) is 11.6 Å². The summed E-state index contributed by atoms with van der Waals surface area (Å²) in [6.45, 7) is 0. The molecule has 18 heavy (non-hydrogen) atoms. The van der Waals surface area contributed by atoms with E-state index in [1.165, 1.54) is 6.07 Å². The zero-order chi connectivity index (χ0) is 13.0. The largest absolute Gasteiger partial charge is 0.326 e. The standard InChI is InChI=1S/C13H10F2N2O/c14-11-4-3-10(7-12(11)15)17-13(18)6-9-2-1-5-16-8-9/h1-5,7-8H,6H2,(H,17,18). The molecule has 1 amide bonds. The summed E-state index contributed by atoms with van der Waals surface area (Å²) >= 11 is 0. The van der Waals surface area contributed by atoms with Crippen LogP contribution in [0, 0.1) is 11.6 Å². The van der Waals surface area contributed by atoms with Crippen molar-refractivity contribution in [1.82, 2.24) is 4.98 Å². The van der Waals surface area contributed by atoms with Crippen molar-refractivity contribution in [2.45, 2.75) is 6.42 Å². The number of nitrogens with one attached hydrogen (secondary N) is 1. The maximum Gasteiger partial charge on any atom is 0.228 e. The van der Waals surface area contributed by atoms with Crippen LogP contribution >= 0.6 is 0 Å². The smallest absolute Gasteiger partial charge is 0.228 e. The number of carbonyl (C=O) groups excluding carboxylic acids is 1. The van der Waals surface area contributed by atoms with E-state index < -0.39 is 11.6 Å². The summed E-state index contributed by atoms with van der Waals surface area (Å²) in [6.07, 6.45) is 3.31. The number of amides is 1. The monoisotopic (exact) mass is 248 g/mol. The average molecular weight is 248 g/mol. The molecule has 0 aliphatic rings. The minimum atomic E-state index is -0.992. The highest BCUT2D eigenvalue weighted by atomic mass is 19.2. The molecule has 1 aromatic heterocycles. The summed E-state index contributed by atoms with van der Waals surface area (Å²) in [5, 5.41) is 2.49. The van der Waals surface area contributed by atoms with E-state index in [9.17, 15) is 13.6 Å².